The molecule has 4 nitrogen and oxygen atoms in total. The van der Waals surface area contributed by atoms with Crippen LogP contribution in [0.5, 0.6) is 0 Å². The summed E-state index contributed by atoms with van der Waals surface area (Å²) in [5.41, 5.74) is 1.38. The Morgan fingerprint density at radius 1 is 1.09 bits per heavy atom. The minimum Gasteiger partial charge on any atom is -0.340 e. The summed E-state index contributed by atoms with van der Waals surface area (Å²) in [5, 5.41) is 3.39. The van der Waals surface area contributed by atoms with Gasteiger partial charge in [-0.05, 0) is 31.5 Å². The average Bonchev–Trinajstić information content (AvgIpc) is 2.58. The Morgan fingerprint density at radius 2 is 1.82 bits per heavy atom. The first-order valence-electron chi connectivity index (χ1n) is 8.54. The van der Waals surface area contributed by atoms with Crippen molar-refractivity contribution in [3.05, 3.63) is 35.9 Å². The van der Waals surface area contributed by atoms with Gasteiger partial charge in [0, 0.05) is 39.1 Å². The van der Waals surface area contributed by atoms with Gasteiger partial charge in [-0.15, -0.1) is 0 Å². The lowest BCUT2D eigenvalue weighted by atomic mass is 10.1. The molecule has 1 heterocycles. The van der Waals surface area contributed by atoms with Crippen molar-refractivity contribution in [2.75, 3.05) is 45.8 Å². The van der Waals surface area contributed by atoms with E-state index in [0.29, 0.717) is 12.3 Å². The molecule has 1 fully saturated rings. The lowest BCUT2D eigenvalue weighted by Gasteiger charge is -2.34. The first-order valence-corrected chi connectivity index (χ1v) is 8.54. The predicted octanol–water partition coefficient (Wildman–Crippen LogP) is 1.76. The number of likely N-dealkylation sites (N-methyl/N-ethyl adjacent to an activating group) is 1. The molecular formula is C18H29N3O. The molecule has 1 aliphatic heterocycles. The molecule has 0 atom stereocenters. The molecule has 0 aromatic heterocycles. The van der Waals surface area contributed by atoms with Gasteiger partial charge in [0.05, 0.1) is 0 Å². The van der Waals surface area contributed by atoms with Crippen molar-refractivity contribution in [3.63, 3.8) is 0 Å². The maximum atomic E-state index is 12.1. The first-order chi connectivity index (χ1) is 10.8. The molecule has 2 rings (SSSR count). The number of hydrogen-bond acceptors (Lipinski definition) is 3. The summed E-state index contributed by atoms with van der Waals surface area (Å²) in [6.07, 6.45) is 2.84. The van der Waals surface area contributed by atoms with Crippen molar-refractivity contribution < 1.29 is 4.79 Å². The van der Waals surface area contributed by atoms with E-state index in [1.54, 1.807) is 0 Å². The zero-order valence-corrected chi connectivity index (χ0v) is 13.8. The lowest BCUT2D eigenvalue weighted by molar-refractivity contribution is -0.132. The second kappa shape index (κ2) is 9.59. The summed E-state index contributed by atoms with van der Waals surface area (Å²) < 4.78 is 0. The number of aryl methyl sites for hydroxylation is 1. The number of benzene rings is 1. The second-order valence-corrected chi connectivity index (χ2v) is 5.90. The van der Waals surface area contributed by atoms with E-state index in [1.807, 2.05) is 11.0 Å². The van der Waals surface area contributed by atoms with Crippen LogP contribution in [0, 0.1) is 0 Å². The van der Waals surface area contributed by atoms with Crippen LogP contribution < -0.4 is 5.32 Å². The molecule has 0 unspecified atom stereocenters. The van der Waals surface area contributed by atoms with E-state index in [9.17, 15) is 4.79 Å². The summed E-state index contributed by atoms with van der Waals surface area (Å²) in [6.45, 7) is 8.86. The van der Waals surface area contributed by atoms with Gasteiger partial charge >= 0.3 is 0 Å². The number of nitrogens with one attached hydrogen (secondary N) is 1. The van der Waals surface area contributed by atoms with Crippen molar-refractivity contribution in [1.82, 2.24) is 15.1 Å². The highest BCUT2D eigenvalue weighted by Crippen LogP contribution is 2.03. The zero-order valence-electron chi connectivity index (χ0n) is 13.8. The molecule has 0 spiro atoms. The fraction of sp³-hybridized carbons (Fsp3) is 0.611. The van der Waals surface area contributed by atoms with Gasteiger partial charge in [-0.25, -0.2) is 0 Å². The molecule has 1 aliphatic rings. The van der Waals surface area contributed by atoms with E-state index in [4.69, 9.17) is 0 Å². The monoisotopic (exact) mass is 303 g/mol. The van der Waals surface area contributed by atoms with Crippen molar-refractivity contribution in [3.8, 4) is 0 Å². The highest BCUT2D eigenvalue weighted by Gasteiger charge is 2.19. The Balaban J connectivity index is 1.50. The smallest absolute Gasteiger partial charge is 0.223 e. The number of rotatable bonds is 8. The Bertz CT molecular complexity index is 427. The topological polar surface area (TPSA) is 35.6 Å². The Morgan fingerprint density at radius 3 is 2.50 bits per heavy atom. The Hall–Kier alpha value is -1.39. The maximum Gasteiger partial charge on any atom is 0.223 e. The van der Waals surface area contributed by atoms with Gasteiger partial charge in [-0.3, -0.25) is 4.79 Å². The molecule has 0 aliphatic carbocycles. The van der Waals surface area contributed by atoms with Crippen LogP contribution in [0.15, 0.2) is 30.3 Å². The number of hydrogen-bond donors (Lipinski definition) is 1. The standard InChI is InChI=1S/C18H29N3O/c1-2-20-13-15-21(16-14-20)18(22)10-12-19-11-6-9-17-7-4-3-5-8-17/h3-5,7-8,19H,2,6,9-16H2,1H3. The largest absolute Gasteiger partial charge is 0.340 e. The van der Waals surface area contributed by atoms with E-state index in [2.05, 4.69) is 41.4 Å². The summed E-state index contributed by atoms with van der Waals surface area (Å²) >= 11 is 0. The average molecular weight is 303 g/mol. The van der Waals surface area contributed by atoms with Crippen LogP contribution in [-0.2, 0) is 11.2 Å². The third-order valence-electron chi connectivity index (χ3n) is 4.35. The fourth-order valence-corrected chi connectivity index (χ4v) is 2.85. The SMILES string of the molecule is CCN1CCN(C(=O)CCNCCCc2ccccc2)CC1. The number of carbonyl (C=O) groups excluding carboxylic acids is 1. The van der Waals surface area contributed by atoms with Gasteiger partial charge in [0.1, 0.15) is 0 Å². The summed E-state index contributed by atoms with van der Waals surface area (Å²) in [6, 6.07) is 10.5. The molecule has 1 saturated heterocycles. The third-order valence-corrected chi connectivity index (χ3v) is 4.35. The molecule has 1 aromatic carbocycles. The van der Waals surface area contributed by atoms with Crippen LogP contribution in [0.1, 0.15) is 25.3 Å². The van der Waals surface area contributed by atoms with Crippen LogP contribution >= 0.6 is 0 Å². The van der Waals surface area contributed by atoms with E-state index < -0.39 is 0 Å². The molecule has 0 radical (unpaired) electrons. The Labute approximate surface area is 134 Å². The van der Waals surface area contributed by atoms with Crippen LogP contribution in [0.2, 0.25) is 0 Å². The van der Waals surface area contributed by atoms with Crippen LogP contribution in [0.25, 0.3) is 0 Å². The number of nitrogens with zero attached hydrogens (tertiary/aromatic N) is 2. The Kier molecular flexibility index (Phi) is 7.40. The molecule has 0 bridgehead atoms. The number of carbonyl (C=O) groups is 1. The van der Waals surface area contributed by atoms with E-state index >= 15 is 0 Å². The minimum atomic E-state index is 0.298. The summed E-state index contributed by atoms with van der Waals surface area (Å²) in [4.78, 5) is 16.5. The van der Waals surface area contributed by atoms with Gasteiger partial charge in [-0.2, -0.15) is 0 Å². The van der Waals surface area contributed by atoms with E-state index in [0.717, 1.165) is 58.7 Å². The van der Waals surface area contributed by atoms with Gasteiger partial charge in [0.15, 0.2) is 0 Å². The van der Waals surface area contributed by atoms with Crippen molar-refractivity contribution in [2.24, 2.45) is 0 Å². The van der Waals surface area contributed by atoms with Crippen LogP contribution in [-0.4, -0.2) is 61.5 Å². The van der Waals surface area contributed by atoms with Gasteiger partial charge in [0.2, 0.25) is 5.91 Å². The lowest BCUT2D eigenvalue weighted by Crippen LogP contribution is -2.48. The third kappa shape index (κ3) is 5.78. The van der Waals surface area contributed by atoms with Gasteiger partial charge in [-0.1, -0.05) is 37.3 Å². The van der Waals surface area contributed by atoms with E-state index in [1.165, 1.54) is 5.56 Å². The molecule has 122 valence electrons. The van der Waals surface area contributed by atoms with Gasteiger partial charge < -0.3 is 15.1 Å². The van der Waals surface area contributed by atoms with Crippen molar-refractivity contribution in [1.29, 1.82) is 0 Å². The van der Waals surface area contributed by atoms with E-state index in [-0.39, 0.29) is 0 Å². The normalized spacial score (nSPS) is 16.0. The summed E-state index contributed by atoms with van der Waals surface area (Å²) in [7, 11) is 0. The highest BCUT2D eigenvalue weighted by molar-refractivity contribution is 5.76. The fourth-order valence-electron chi connectivity index (χ4n) is 2.85. The predicted molar refractivity (Wildman–Crippen MR) is 90.9 cm³/mol. The van der Waals surface area contributed by atoms with Crippen molar-refractivity contribution in [2.45, 2.75) is 26.2 Å². The molecule has 0 saturated carbocycles. The van der Waals surface area contributed by atoms with Crippen LogP contribution in [0.4, 0.5) is 0 Å². The van der Waals surface area contributed by atoms with Crippen LogP contribution in [0.3, 0.4) is 0 Å². The van der Waals surface area contributed by atoms with Gasteiger partial charge in [0.25, 0.3) is 0 Å². The number of piperazine rings is 1. The molecular weight excluding hydrogens is 274 g/mol. The first kappa shape index (κ1) is 17.0. The summed E-state index contributed by atoms with van der Waals surface area (Å²) in [5.74, 6) is 0.298. The molecule has 1 N–H and O–H groups in total. The molecule has 1 aromatic rings. The number of amides is 1. The molecule has 22 heavy (non-hydrogen) atoms. The molecule has 1 amide bonds. The maximum absolute atomic E-state index is 12.1. The quantitative estimate of drug-likeness (QED) is 0.743. The highest BCUT2D eigenvalue weighted by atomic mass is 16.2. The minimum absolute atomic E-state index is 0.298. The second-order valence-electron chi connectivity index (χ2n) is 5.90. The van der Waals surface area contributed by atoms with Crippen molar-refractivity contribution >= 4 is 5.91 Å². The zero-order chi connectivity index (χ0) is 15.6. The molecule has 4 heteroatoms.